The van der Waals surface area contributed by atoms with E-state index < -0.39 is 0 Å². The highest BCUT2D eigenvalue weighted by Gasteiger charge is 2.41. The minimum atomic E-state index is -0.224. The molecule has 6 nitrogen and oxygen atoms in total. The maximum Gasteiger partial charge on any atom is 0.317 e. The Morgan fingerprint density at radius 3 is 2.55 bits per heavy atom. The van der Waals surface area contributed by atoms with E-state index in [1.165, 1.54) is 0 Å². The number of amides is 3. The summed E-state index contributed by atoms with van der Waals surface area (Å²) >= 11 is 0. The first-order valence-corrected chi connectivity index (χ1v) is 7.65. The van der Waals surface area contributed by atoms with Crippen LogP contribution in [0.4, 0.5) is 4.79 Å². The third kappa shape index (κ3) is 2.37. The number of rotatable bonds is 2. The van der Waals surface area contributed by atoms with Crippen LogP contribution in [-0.2, 0) is 4.79 Å². The van der Waals surface area contributed by atoms with Gasteiger partial charge in [-0.15, -0.1) is 0 Å². The lowest BCUT2D eigenvalue weighted by Gasteiger charge is -2.39. The van der Waals surface area contributed by atoms with Crippen LogP contribution in [0.15, 0.2) is 0 Å². The van der Waals surface area contributed by atoms with Crippen LogP contribution < -0.4 is 10.6 Å². The van der Waals surface area contributed by atoms with Crippen molar-refractivity contribution in [2.24, 2.45) is 5.41 Å². The topological polar surface area (TPSA) is 64.7 Å². The van der Waals surface area contributed by atoms with E-state index >= 15 is 0 Å². The zero-order valence-electron chi connectivity index (χ0n) is 12.2. The average Bonchev–Trinajstić information content (AvgIpc) is 3.08. The Labute approximate surface area is 119 Å². The fraction of sp³-hybridized carbons (Fsp3) is 0.857. The zero-order chi connectivity index (χ0) is 14.2. The third-order valence-electron chi connectivity index (χ3n) is 4.97. The van der Waals surface area contributed by atoms with Gasteiger partial charge >= 0.3 is 6.03 Å². The normalized spacial score (nSPS) is 31.8. The standard InChI is InChI=1S/C14H24N4O2/c1-14(4-5-15-10-14)12(19)17-7-2-11(3-8-17)18-9-6-16-13(18)20/h11,15H,2-10H2,1H3,(H,16,20). The molecule has 1 unspecified atom stereocenters. The summed E-state index contributed by atoms with van der Waals surface area (Å²) in [6.45, 7) is 6.91. The third-order valence-corrected chi connectivity index (χ3v) is 4.97. The largest absolute Gasteiger partial charge is 0.342 e. The van der Waals surface area contributed by atoms with Crippen molar-refractivity contribution in [2.75, 3.05) is 39.3 Å². The molecule has 3 aliphatic rings. The Balaban J connectivity index is 1.55. The molecule has 0 aliphatic carbocycles. The number of hydrogen-bond acceptors (Lipinski definition) is 3. The van der Waals surface area contributed by atoms with Gasteiger partial charge in [-0.25, -0.2) is 4.79 Å². The maximum atomic E-state index is 12.6. The van der Waals surface area contributed by atoms with E-state index in [2.05, 4.69) is 17.6 Å². The van der Waals surface area contributed by atoms with E-state index in [-0.39, 0.29) is 17.4 Å². The van der Waals surface area contributed by atoms with Crippen molar-refractivity contribution in [1.29, 1.82) is 0 Å². The van der Waals surface area contributed by atoms with Gasteiger partial charge in [0.25, 0.3) is 0 Å². The molecule has 3 amide bonds. The number of piperidine rings is 1. The molecule has 20 heavy (non-hydrogen) atoms. The van der Waals surface area contributed by atoms with Crippen LogP contribution in [-0.4, -0.2) is 67.0 Å². The Hall–Kier alpha value is -1.30. The molecular weight excluding hydrogens is 256 g/mol. The molecule has 2 N–H and O–H groups in total. The van der Waals surface area contributed by atoms with Gasteiger partial charge in [0, 0.05) is 38.8 Å². The monoisotopic (exact) mass is 280 g/mol. The first-order valence-electron chi connectivity index (χ1n) is 7.65. The second kappa shape index (κ2) is 5.24. The Kier molecular flexibility index (Phi) is 3.58. The molecule has 112 valence electrons. The van der Waals surface area contributed by atoms with Crippen LogP contribution in [0, 0.1) is 5.41 Å². The molecule has 3 heterocycles. The highest BCUT2D eigenvalue weighted by molar-refractivity contribution is 5.83. The zero-order valence-corrected chi connectivity index (χ0v) is 12.2. The van der Waals surface area contributed by atoms with E-state index in [1.54, 1.807) is 0 Å². The second-order valence-electron chi connectivity index (χ2n) is 6.44. The van der Waals surface area contributed by atoms with Crippen LogP contribution in [0.3, 0.4) is 0 Å². The summed E-state index contributed by atoms with van der Waals surface area (Å²) in [4.78, 5) is 28.2. The van der Waals surface area contributed by atoms with Crippen molar-refractivity contribution in [3.63, 3.8) is 0 Å². The molecule has 6 heteroatoms. The number of urea groups is 1. The fourth-order valence-electron chi connectivity index (χ4n) is 3.60. The average molecular weight is 280 g/mol. The van der Waals surface area contributed by atoms with Crippen LogP contribution in [0.2, 0.25) is 0 Å². The maximum absolute atomic E-state index is 12.6. The van der Waals surface area contributed by atoms with Crippen LogP contribution in [0.25, 0.3) is 0 Å². The highest BCUT2D eigenvalue weighted by Crippen LogP contribution is 2.29. The molecule has 0 aromatic rings. The van der Waals surface area contributed by atoms with Gasteiger partial charge in [-0.1, -0.05) is 0 Å². The van der Waals surface area contributed by atoms with E-state index in [9.17, 15) is 9.59 Å². The van der Waals surface area contributed by atoms with Crippen molar-refractivity contribution in [3.8, 4) is 0 Å². The predicted octanol–water partition coefficient (Wildman–Crippen LogP) is 0.00220. The smallest absolute Gasteiger partial charge is 0.317 e. The summed E-state index contributed by atoms with van der Waals surface area (Å²) in [7, 11) is 0. The fourth-order valence-corrected chi connectivity index (χ4v) is 3.60. The summed E-state index contributed by atoms with van der Waals surface area (Å²) in [5.41, 5.74) is -0.224. The molecule has 0 saturated carbocycles. The van der Waals surface area contributed by atoms with Gasteiger partial charge in [0.15, 0.2) is 0 Å². The van der Waals surface area contributed by atoms with Crippen molar-refractivity contribution in [2.45, 2.75) is 32.2 Å². The highest BCUT2D eigenvalue weighted by atomic mass is 16.2. The summed E-state index contributed by atoms with van der Waals surface area (Å²) < 4.78 is 0. The number of carbonyl (C=O) groups excluding carboxylic acids is 2. The molecule has 1 atom stereocenters. The van der Waals surface area contributed by atoms with Crippen molar-refractivity contribution in [1.82, 2.24) is 20.4 Å². The SMILES string of the molecule is CC1(C(=O)N2CCC(N3CCNC3=O)CC2)CCNC1. The van der Waals surface area contributed by atoms with Crippen molar-refractivity contribution in [3.05, 3.63) is 0 Å². The first kappa shape index (κ1) is 13.7. The van der Waals surface area contributed by atoms with Crippen LogP contribution >= 0.6 is 0 Å². The second-order valence-corrected chi connectivity index (χ2v) is 6.44. The van der Waals surface area contributed by atoms with Crippen molar-refractivity contribution < 1.29 is 9.59 Å². The molecule has 3 fully saturated rings. The van der Waals surface area contributed by atoms with E-state index in [4.69, 9.17) is 0 Å². The quantitative estimate of drug-likeness (QED) is 0.748. The van der Waals surface area contributed by atoms with Gasteiger partial charge in [0.1, 0.15) is 0 Å². The Morgan fingerprint density at radius 1 is 1.25 bits per heavy atom. The summed E-state index contributed by atoms with van der Waals surface area (Å²) in [6, 6.07) is 0.359. The number of carbonyl (C=O) groups is 2. The molecule has 3 saturated heterocycles. The van der Waals surface area contributed by atoms with Crippen LogP contribution in [0.5, 0.6) is 0 Å². The summed E-state index contributed by atoms with van der Waals surface area (Å²) in [5, 5.41) is 6.13. The van der Waals surface area contributed by atoms with Gasteiger partial charge in [0.05, 0.1) is 5.41 Å². The van der Waals surface area contributed by atoms with E-state index in [1.807, 2.05) is 9.80 Å². The lowest BCUT2D eigenvalue weighted by Crippen LogP contribution is -2.51. The van der Waals surface area contributed by atoms with Gasteiger partial charge in [-0.05, 0) is 32.7 Å². The molecule has 0 radical (unpaired) electrons. The summed E-state index contributed by atoms with van der Waals surface area (Å²) in [6.07, 6.45) is 2.74. The number of hydrogen-bond donors (Lipinski definition) is 2. The summed E-state index contributed by atoms with van der Waals surface area (Å²) in [5.74, 6) is 0.284. The Morgan fingerprint density at radius 2 is 2.00 bits per heavy atom. The van der Waals surface area contributed by atoms with Crippen LogP contribution in [0.1, 0.15) is 26.2 Å². The number of nitrogens with zero attached hydrogens (tertiary/aromatic N) is 2. The van der Waals surface area contributed by atoms with Gasteiger partial charge in [-0.3, -0.25) is 4.79 Å². The minimum absolute atomic E-state index is 0.0572. The molecule has 0 aromatic carbocycles. The molecule has 0 aromatic heterocycles. The molecular formula is C14H24N4O2. The first-order chi connectivity index (χ1) is 9.60. The Bertz CT molecular complexity index is 398. The number of likely N-dealkylation sites (tertiary alicyclic amines) is 1. The number of nitrogens with one attached hydrogen (secondary N) is 2. The molecule has 3 rings (SSSR count). The minimum Gasteiger partial charge on any atom is -0.342 e. The molecule has 0 spiro atoms. The van der Waals surface area contributed by atoms with E-state index in [0.717, 1.165) is 58.5 Å². The van der Waals surface area contributed by atoms with Gasteiger partial charge < -0.3 is 20.4 Å². The van der Waals surface area contributed by atoms with Crippen molar-refractivity contribution >= 4 is 11.9 Å². The lowest BCUT2D eigenvalue weighted by atomic mass is 9.87. The van der Waals surface area contributed by atoms with Gasteiger partial charge in [0.2, 0.25) is 5.91 Å². The van der Waals surface area contributed by atoms with Gasteiger partial charge in [-0.2, -0.15) is 0 Å². The predicted molar refractivity (Wildman–Crippen MR) is 75.3 cm³/mol. The van der Waals surface area contributed by atoms with E-state index in [0.29, 0.717) is 6.04 Å². The molecule has 0 bridgehead atoms. The lowest BCUT2D eigenvalue weighted by molar-refractivity contribution is -0.141. The molecule has 3 aliphatic heterocycles.